The van der Waals surface area contributed by atoms with Crippen LogP contribution in [0.1, 0.15) is 23.7 Å². The monoisotopic (exact) mass is 174 g/mol. The Kier molecular flexibility index (Phi) is 3.12. The highest BCUT2D eigenvalue weighted by molar-refractivity contribution is 6.43. The third-order valence-electron chi connectivity index (χ3n) is 1.75. The zero-order valence-corrected chi connectivity index (χ0v) is 7.40. The van der Waals surface area contributed by atoms with E-state index in [9.17, 15) is 4.79 Å². The Morgan fingerprint density at radius 3 is 2.46 bits per heavy atom. The van der Waals surface area contributed by atoms with Gasteiger partial charge in [0.2, 0.25) is 0 Å². The summed E-state index contributed by atoms with van der Waals surface area (Å²) in [4.78, 5) is 14.5. The van der Waals surface area contributed by atoms with Gasteiger partial charge in [-0.2, -0.15) is 4.79 Å². The van der Waals surface area contributed by atoms with Crippen molar-refractivity contribution in [3.8, 4) is 0 Å². The number of carbonyl (C=O) groups excluding carboxylic acids is 1. The van der Waals surface area contributed by atoms with Gasteiger partial charge in [-0.3, -0.25) is 4.79 Å². The molecule has 0 spiro atoms. The third kappa shape index (κ3) is 2.10. The lowest BCUT2D eigenvalue weighted by Crippen LogP contribution is -2.13. The number of ketones is 1. The highest BCUT2D eigenvalue weighted by Gasteiger charge is 2.18. The molecule has 3 nitrogen and oxygen atoms in total. The Morgan fingerprint density at radius 1 is 1.38 bits per heavy atom. The molecule has 0 amide bonds. The van der Waals surface area contributed by atoms with Gasteiger partial charge in [0.05, 0.1) is 6.42 Å². The molecule has 0 aliphatic carbocycles. The Balaban J connectivity index is 2.99. The van der Waals surface area contributed by atoms with Crippen molar-refractivity contribution in [3.05, 3.63) is 41.4 Å². The molecule has 66 valence electrons. The smallest absolute Gasteiger partial charge is 0.339 e. The molecule has 0 saturated heterocycles. The Morgan fingerprint density at radius 2 is 2.00 bits per heavy atom. The van der Waals surface area contributed by atoms with Crippen LogP contribution < -0.4 is 0 Å². The summed E-state index contributed by atoms with van der Waals surface area (Å²) >= 11 is 0. The van der Waals surface area contributed by atoms with Crippen LogP contribution in [0.25, 0.3) is 5.53 Å². The minimum Gasteiger partial charge on any atom is -0.361 e. The topological polar surface area (TPSA) is 53.5 Å². The summed E-state index contributed by atoms with van der Waals surface area (Å²) in [6, 6.07) is 8.78. The Bertz CT molecular complexity index is 350. The van der Waals surface area contributed by atoms with Gasteiger partial charge in [-0.1, -0.05) is 37.3 Å². The largest absolute Gasteiger partial charge is 0.361 e. The first kappa shape index (κ1) is 9.36. The van der Waals surface area contributed by atoms with Crippen LogP contribution in [0.2, 0.25) is 0 Å². The van der Waals surface area contributed by atoms with Crippen molar-refractivity contribution in [2.24, 2.45) is 0 Å². The van der Waals surface area contributed by atoms with Crippen LogP contribution >= 0.6 is 0 Å². The number of carbonyl (C=O) groups is 1. The highest BCUT2D eigenvalue weighted by atomic mass is 16.1. The van der Waals surface area contributed by atoms with E-state index in [2.05, 4.69) is 4.79 Å². The average Bonchev–Trinajstić information content (AvgIpc) is 2.21. The van der Waals surface area contributed by atoms with E-state index in [-0.39, 0.29) is 11.5 Å². The van der Waals surface area contributed by atoms with E-state index in [0.29, 0.717) is 12.0 Å². The summed E-state index contributed by atoms with van der Waals surface area (Å²) in [7, 11) is 0. The molecule has 0 aliphatic heterocycles. The molecule has 0 fully saturated rings. The second-order valence-electron chi connectivity index (χ2n) is 2.60. The van der Waals surface area contributed by atoms with Gasteiger partial charge in [0, 0.05) is 5.56 Å². The fourth-order valence-corrected chi connectivity index (χ4v) is 1.03. The van der Waals surface area contributed by atoms with Crippen molar-refractivity contribution < 1.29 is 9.58 Å². The van der Waals surface area contributed by atoms with E-state index in [1.165, 1.54) is 0 Å². The fraction of sp³-hybridized carbons (Fsp3) is 0.200. The van der Waals surface area contributed by atoms with Gasteiger partial charge < -0.3 is 5.53 Å². The quantitative estimate of drug-likeness (QED) is 0.299. The molecule has 0 N–H and O–H groups in total. The fourth-order valence-electron chi connectivity index (χ4n) is 1.03. The first-order valence-corrected chi connectivity index (χ1v) is 4.10. The van der Waals surface area contributed by atoms with E-state index >= 15 is 0 Å². The van der Waals surface area contributed by atoms with Gasteiger partial charge in [0.1, 0.15) is 0 Å². The van der Waals surface area contributed by atoms with Gasteiger partial charge in [-0.15, -0.1) is 0 Å². The lowest BCUT2D eigenvalue weighted by Gasteiger charge is -1.93. The number of hydrogen-bond acceptors (Lipinski definition) is 1. The molecule has 0 bridgehead atoms. The van der Waals surface area contributed by atoms with Crippen LogP contribution in [0.3, 0.4) is 0 Å². The number of rotatable bonds is 3. The molecule has 0 unspecified atom stereocenters. The summed E-state index contributed by atoms with van der Waals surface area (Å²) in [6.07, 6.45) is 0.435. The van der Waals surface area contributed by atoms with E-state index < -0.39 is 0 Å². The second-order valence-corrected chi connectivity index (χ2v) is 2.60. The molecule has 1 aromatic rings. The Hall–Kier alpha value is -1.73. The van der Waals surface area contributed by atoms with Crippen LogP contribution in [0, 0.1) is 0 Å². The summed E-state index contributed by atoms with van der Waals surface area (Å²) in [6.45, 7) is 1.77. The average molecular weight is 174 g/mol. The third-order valence-corrected chi connectivity index (χ3v) is 1.75. The summed E-state index contributed by atoms with van der Waals surface area (Å²) < 4.78 is 0. The van der Waals surface area contributed by atoms with E-state index in [4.69, 9.17) is 5.53 Å². The summed E-state index contributed by atoms with van der Waals surface area (Å²) in [5.74, 6) is -0.217. The van der Waals surface area contributed by atoms with Crippen LogP contribution in [-0.4, -0.2) is 16.3 Å². The first-order valence-electron chi connectivity index (χ1n) is 4.10. The maximum Gasteiger partial charge on any atom is 0.339 e. The van der Waals surface area contributed by atoms with Crippen LogP contribution in [0.4, 0.5) is 0 Å². The van der Waals surface area contributed by atoms with Crippen molar-refractivity contribution in [1.29, 1.82) is 0 Å². The Labute approximate surface area is 76.6 Å². The lowest BCUT2D eigenvalue weighted by atomic mass is 10.1. The maximum atomic E-state index is 11.5. The molecule has 0 atom stereocenters. The van der Waals surface area contributed by atoms with Crippen molar-refractivity contribution in [1.82, 2.24) is 0 Å². The number of benzene rings is 1. The van der Waals surface area contributed by atoms with Crippen molar-refractivity contribution in [2.45, 2.75) is 13.3 Å². The molecule has 0 saturated carbocycles. The molecule has 0 radical (unpaired) electrons. The van der Waals surface area contributed by atoms with Crippen molar-refractivity contribution >= 4 is 11.5 Å². The minimum atomic E-state index is -0.217. The van der Waals surface area contributed by atoms with Gasteiger partial charge in [-0.25, -0.2) is 0 Å². The number of Topliss-reactive ketones (excluding diaryl/α,β-unsaturated/α-hetero) is 1. The van der Waals surface area contributed by atoms with E-state index in [0.717, 1.165) is 0 Å². The standard InChI is InChI=1S/C10H10N2O/c1-2-9(12-11)10(13)8-6-4-3-5-7-8/h3-7H,2H2,1H3. The zero-order valence-electron chi connectivity index (χ0n) is 7.40. The minimum absolute atomic E-state index is 0.186. The SMILES string of the molecule is CCC(=[N+]=[N-])C(=O)c1ccccc1. The first-order chi connectivity index (χ1) is 6.29. The molecule has 13 heavy (non-hydrogen) atoms. The molecule has 3 heteroatoms. The van der Waals surface area contributed by atoms with Crippen molar-refractivity contribution in [2.75, 3.05) is 0 Å². The van der Waals surface area contributed by atoms with Gasteiger partial charge in [0.25, 0.3) is 5.78 Å². The van der Waals surface area contributed by atoms with E-state index in [1.807, 2.05) is 6.07 Å². The van der Waals surface area contributed by atoms with Crippen LogP contribution in [0.15, 0.2) is 30.3 Å². The number of nitrogens with zero attached hydrogens (tertiary/aromatic N) is 2. The van der Waals surface area contributed by atoms with Crippen LogP contribution in [0.5, 0.6) is 0 Å². The summed E-state index contributed by atoms with van der Waals surface area (Å²) in [5.41, 5.74) is 9.26. The molecule has 1 aromatic carbocycles. The number of hydrogen-bond donors (Lipinski definition) is 0. The van der Waals surface area contributed by atoms with Gasteiger partial charge >= 0.3 is 5.71 Å². The van der Waals surface area contributed by atoms with Gasteiger partial charge in [-0.05, 0) is 0 Å². The summed E-state index contributed by atoms with van der Waals surface area (Å²) in [5, 5.41) is 0. The molecule has 0 aliphatic rings. The normalized spacial score (nSPS) is 9.00. The molecular weight excluding hydrogens is 164 g/mol. The second kappa shape index (κ2) is 4.33. The highest BCUT2D eigenvalue weighted by Crippen LogP contribution is 2.01. The zero-order chi connectivity index (χ0) is 9.68. The molecular formula is C10H10N2O. The van der Waals surface area contributed by atoms with Gasteiger partial charge in [0.15, 0.2) is 0 Å². The predicted octanol–water partition coefficient (Wildman–Crippen LogP) is 1.95. The van der Waals surface area contributed by atoms with Crippen LogP contribution in [-0.2, 0) is 0 Å². The molecule has 0 heterocycles. The molecule has 1 rings (SSSR count). The lowest BCUT2D eigenvalue weighted by molar-refractivity contribution is -0.00869. The molecule has 0 aromatic heterocycles. The van der Waals surface area contributed by atoms with Crippen molar-refractivity contribution in [3.63, 3.8) is 0 Å². The maximum absolute atomic E-state index is 11.5. The predicted molar refractivity (Wildman–Crippen MR) is 49.7 cm³/mol. The van der Waals surface area contributed by atoms with E-state index in [1.54, 1.807) is 31.2 Å².